The number of amides is 2. The molecular formula is C19H29N3O2. The standard InChI is InChI=1S/C19H29N3O2/c1-4-24-17-13-16(19(17)9-5-6-10-19)21-18(23)22(3)14(2)15-7-11-20-12-8-15/h7-8,11-12,14,16-17H,4-6,9-10,13H2,1-3H3,(H,21,23)/t14-,16-,17-/m1/s1. The highest BCUT2D eigenvalue weighted by Crippen LogP contribution is 2.54. The van der Waals surface area contributed by atoms with Gasteiger partial charge in [0.2, 0.25) is 0 Å². The third-order valence-corrected chi connectivity index (χ3v) is 6.07. The molecule has 3 atom stereocenters. The number of ether oxygens (including phenoxy) is 1. The summed E-state index contributed by atoms with van der Waals surface area (Å²) in [6, 6.07) is 4.19. The number of hydrogen-bond donors (Lipinski definition) is 1. The van der Waals surface area contributed by atoms with Crippen molar-refractivity contribution < 1.29 is 9.53 Å². The Kier molecular flexibility index (Phi) is 5.09. The highest BCUT2D eigenvalue weighted by Gasteiger charge is 2.57. The summed E-state index contributed by atoms with van der Waals surface area (Å²) in [6.07, 6.45) is 9.64. The zero-order valence-corrected chi connectivity index (χ0v) is 15.0. The SMILES string of the molecule is CCO[C@@H]1C[C@@H](NC(=O)N(C)[C@H](C)c2ccncc2)C12CCCC2. The fourth-order valence-corrected chi connectivity index (χ4v) is 4.38. The predicted octanol–water partition coefficient (Wildman–Crippen LogP) is 3.52. The van der Waals surface area contributed by atoms with Crippen molar-refractivity contribution in [3.8, 4) is 0 Å². The summed E-state index contributed by atoms with van der Waals surface area (Å²) in [6.45, 7) is 4.86. The van der Waals surface area contributed by atoms with E-state index in [1.807, 2.05) is 26.1 Å². The molecule has 2 aliphatic carbocycles. The molecule has 0 bridgehead atoms. The van der Waals surface area contributed by atoms with Crippen LogP contribution in [0.15, 0.2) is 24.5 Å². The number of aromatic nitrogens is 1. The normalized spacial score (nSPS) is 26.0. The Labute approximate surface area is 144 Å². The van der Waals surface area contributed by atoms with E-state index in [-0.39, 0.29) is 23.5 Å². The van der Waals surface area contributed by atoms with Crippen LogP contribution in [0.1, 0.15) is 57.6 Å². The van der Waals surface area contributed by atoms with Gasteiger partial charge < -0.3 is 15.0 Å². The fraction of sp³-hybridized carbons (Fsp3) is 0.684. The molecule has 1 spiro atoms. The first kappa shape index (κ1) is 17.2. The number of pyridine rings is 1. The first-order valence-corrected chi connectivity index (χ1v) is 9.13. The van der Waals surface area contributed by atoms with Gasteiger partial charge in [-0.25, -0.2) is 4.79 Å². The number of nitrogens with zero attached hydrogens (tertiary/aromatic N) is 2. The Morgan fingerprint density at radius 2 is 2.08 bits per heavy atom. The number of carbonyl (C=O) groups excluding carboxylic acids is 1. The molecule has 132 valence electrons. The van der Waals surface area contributed by atoms with Crippen LogP contribution in [-0.4, -0.2) is 41.7 Å². The molecule has 2 fully saturated rings. The van der Waals surface area contributed by atoms with Gasteiger partial charge in [-0.05, 0) is 50.8 Å². The lowest BCUT2D eigenvalue weighted by molar-refractivity contribution is -0.127. The van der Waals surface area contributed by atoms with Crippen LogP contribution in [0, 0.1) is 5.41 Å². The summed E-state index contributed by atoms with van der Waals surface area (Å²) in [7, 11) is 1.86. The Morgan fingerprint density at radius 1 is 1.42 bits per heavy atom. The summed E-state index contributed by atoms with van der Waals surface area (Å²) in [5.74, 6) is 0. The number of hydrogen-bond acceptors (Lipinski definition) is 3. The summed E-state index contributed by atoms with van der Waals surface area (Å²) < 4.78 is 5.93. The largest absolute Gasteiger partial charge is 0.378 e. The van der Waals surface area contributed by atoms with Gasteiger partial charge in [-0.2, -0.15) is 0 Å². The fourth-order valence-electron chi connectivity index (χ4n) is 4.38. The summed E-state index contributed by atoms with van der Waals surface area (Å²) in [5, 5.41) is 3.28. The van der Waals surface area contributed by atoms with E-state index in [1.165, 1.54) is 25.7 Å². The zero-order chi connectivity index (χ0) is 17.2. The van der Waals surface area contributed by atoms with E-state index in [0.717, 1.165) is 18.6 Å². The molecule has 0 aromatic carbocycles. The number of carbonyl (C=O) groups is 1. The van der Waals surface area contributed by atoms with Gasteiger partial charge in [0.05, 0.1) is 12.1 Å². The van der Waals surface area contributed by atoms with E-state index in [9.17, 15) is 4.79 Å². The molecule has 0 aliphatic heterocycles. The molecule has 2 aliphatic rings. The van der Waals surface area contributed by atoms with Crippen LogP contribution in [0.5, 0.6) is 0 Å². The van der Waals surface area contributed by atoms with Gasteiger partial charge in [-0.1, -0.05) is 12.8 Å². The lowest BCUT2D eigenvalue weighted by Gasteiger charge is -2.54. The van der Waals surface area contributed by atoms with Crippen LogP contribution in [0.4, 0.5) is 4.79 Å². The van der Waals surface area contributed by atoms with Gasteiger partial charge in [-0.15, -0.1) is 0 Å². The molecule has 2 amide bonds. The van der Waals surface area contributed by atoms with E-state index in [2.05, 4.69) is 17.2 Å². The lowest BCUT2D eigenvalue weighted by atomic mass is 9.60. The second-order valence-corrected chi connectivity index (χ2v) is 7.19. The average Bonchev–Trinajstić information content (AvgIpc) is 3.13. The average molecular weight is 331 g/mol. The van der Waals surface area contributed by atoms with E-state index in [1.54, 1.807) is 17.3 Å². The molecule has 5 nitrogen and oxygen atoms in total. The Morgan fingerprint density at radius 3 is 2.71 bits per heavy atom. The van der Waals surface area contributed by atoms with Crippen LogP contribution in [0.3, 0.4) is 0 Å². The molecule has 2 saturated carbocycles. The molecule has 0 unspecified atom stereocenters. The van der Waals surface area contributed by atoms with Crippen molar-refractivity contribution in [1.29, 1.82) is 0 Å². The quantitative estimate of drug-likeness (QED) is 0.898. The maximum atomic E-state index is 12.7. The molecule has 0 saturated heterocycles. The molecule has 1 heterocycles. The summed E-state index contributed by atoms with van der Waals surface area (Å²) in [4.78, 5) is 18.6. The Hall–Kier alpha value is -1.62. The van der Waals surface area contributed by atoms with Crippen molar-refractivity contribution in [2.75, 3.05) is 13.7 Å². The number of rotatable bonds is 5. The molecule has 1 aromatic rings. The third kappa shape index (κ3) is 3.02. The molecule has 1 N–H and O–H groups in total. The molecular weight excluding hydrogens is 302 g/mol. The van der Waals surface area contributed by atoms with E-state index >= 15 is 0 Å². The van der Waals surface area contributed by atoms with Crippen molar-refractivity contribution in [2.45, 2.75) is 64.1 Å². The maximum absolute atomic E-state index is 12.7. The van der Waals surface area contributed by atoms with Crippen molar-refractivity contribution in [3.05, 3.63) is 30.1 Å². The minimum atomic E-state index is 0.00513. The second kappa shape index (κ2) is 7.09. The Bertz CT molecular complexity index is 557. The Balaban J connectivity index is 1.62. The van der Waals surface area contributed by atoms with Crippen LogP contribution in [0.2, 0.25) is 0 Å². The first-order chi connectivity index (χ1) is 11.6. The molecule has 1 aromatic heterocycles. The van der Waals surface area contributed by atoms with Crippen LogP contribution >= 0.6 is 0 Å². The molecule has 3 rings (SSSR count). The van der Waals surface area contributed by atoms with E-state index in [0.29, 0.717) is 6.10 Å². The van der Waals surface area contributed by atoms with E-state index in [4.69, 9.17) is 4.74 Å². The molecule has 5 heteroatoms. The van der Waals surface area contributed by atoms with Gasteiger partial charge in [0, 0.05) is 37.5 Å². The smallest absolute Gasteiger partial charge is 0.317 e. The zero-order valence-electron chi connectivity index (χ0n) is 15.0. The second-order valence-electron chi connectivity index (χ2n) is 7.19. The third-order valence-electron chi connectivity index (χ3n) is 6.07. The van der Waals surface area contributed by atoms with Gasteiger partial charge in [0.1, 0.15) is 0 Å². The van der Waals surface area contributed by atoms with Crippen molar-refractivity contribution in [2.24, 2.45) is 5.41 Å². The van der Waals surface area contributed by atoms with Crippen LogP contribution in [-0.2, 0) is 4.74 Å². The topological polar surface area (TPSA) is 54.5 Å². The highest BCUT2D eigenvalue weighted by molar-refractivity contribution is 5.75. The summed E-state index contributed by atoms with van der Waals surface area (Å²) in [5.41, 5.74) is 1.27. The minimum Gasteiger partial charge on any atom is -0.378 e. The van der Waals surface area contributed by atoms with Crippen molar-refractivity contribution in [3.63, 3.8) is 0 Å². The van der Waals surface area contributed by atoms with Gasteiger partial charge in [0.15, 0.2) is 0 Å². The molecule has 0 radical (unpaired) electrons. The lowest BCUT2D eigenvalue weighted by Crippen LogP contribution is -2.64. The van der Waals surface area contributed by atoms with Crippen LogP contribution < -0.4 is 5.32 Å². The number of nitrogens with one attached hydrogen (secondary N) is 1. The monoisotopic (exact) mass is 331 g/mol. The first-order valence-electron chi connectivity index (χ1n) is 9.13. The van der Waals surface area contributed by atoms with Gasteiger partial charge in [-0.3, -0.25) is 4.98 Å². The van der Waals surface area contributed by atoms with Crippen molar-refractivity contribution in [1.82, 2.24) is 15.2 Å². The summed E-state index contributed by atoms with van der Waals surface area (Å²) >= 11 is 0. The van der Waals surface area contributed by atoms with Gasteiger partial charge >= 0.3 is 6.03 Å². The number of urea groups is 1. The molecule has 24 heavy (non-hydrogen) atoms. The van der Waals surface area contributed by atoms with Gasteiger partial charge in [0.25, 0.3) is 0 Å². The van der Waals surface area contributed by atoms with Crippen molar-refractivity contribution >= 4 is 6.03 Å². The highest BCUT2D eigenvalue weighted by atomic mass is 16.5. The maximum Gasteiger partial charge on any atom is 0.317 e. The van der Waals surface area contributed by atoms with Crippen LogP contribution in [0.25, 0.3) is 0 Å². The predicted molar refractivity (Wildman–Crippen MR) is 93.7 cm³/mol. The minimum absolute atomic E-state index is 0.00513. The van der Waals surface area contributed by atoms with E-state index < -0.39 is 0 Å².